The van der Waals surface area contributed by atoms with Gasteiger partial charge in [0.2, 0.25) is 0 Å². The van der Waals surface area contributed by atoms with Crippen LogP contribution in [-0.2, 0) is 11.8 Å². The Bertz CT molecular complexity index is 579. The SMILES string of the molecule is CCCCCc1cc(O)c(C2(C)[C@@H]3CC=C(C)[C@H]2C3)c(O)c1. The van der Waals surface area contributed by atoms with E-state index in [0.29, 0.717) is 23.3 Å². The van der Waals surface area contributed by atoms with E-state index in [1.165, 1.54) is 24.8 Å². The van der Waals surface area contributed by atoms with Crippen molar-refractivity contribution in [2.75, 3.05) is 0 Å². The zero-order valence-corrected chi connectivity index (χ0v) is 14.0. The maximum atomic E-state index is 10.6. The average Bonchev–Trinajstić information content (AvgIpc) is 2.46. The van der Waals surface area contributed by atoms with Gasteiger partial charge in [-0.25, -0.2) is 0 Å². The molecule has 0 spiro atoms. The summed E-state index contributed by atoms with van der Waals surface area (Å²) in [6.07, 6.45) is 8.99. The van der Waals surface area contributed by atoms with Crippen LogP contribution in [0, 0.1) is 11.8 Å². The van der Waals surface area contributed by atoms with Crippen molar-refractivity contribution in [2.45, 2.75) is 64.7 Å². The zero-order valence-electron chi connectivity index (χ0n) is 14.0. The third kappa shape index (κ3) is 2.24. The van der Waals surface area contributed by atoms with Gasteiger partial charge in [0.1, 0.15) is 11.5 Å². The molecule has 0 saturated heterocycles. The first kappa shape index (κ1) is 15.5. The maximum absolute atomic E-state index is 10.6. The van der Waals surface area contributed by atoms with Crippen LogP contribution in [0.2, 0.25) is 0 Å². The Balaban J connectivity index is 1.91. The molecule has 1 saturated carbocycles. The van der Waals surface area contributed by atoms with Crippen molar-refractivity contribution in [3.63, 3.8) is 0 Å². The molecule has 2 aliphatic rings. The molecular weight excluding hydrogens is 272 g/mol. The van der Waals surface area contributed by atoms with E-state index in [1.807, 2.05) is 12.1 Å². The molecule has 1 unspecified atom stereocenters. The van der Waals surface area contributed by atoms with Crippen molar-refractivity contribution < 1.29 is 10.2 Å². The minimum absolute atomic E-state index is 0.102. The molecule has 3 rings (SSSR count). The number of phenols is 2. The Hall–Kier alpha value is -1.44. The number of benzene rings is 1. The lowest BCUT2D eigenvalue weighted by molar-refractivity contribution is 0.0508. The van der Waals surface area contributed by atoms with Crippen molar-refractivity contribution in [1.82, 2.24) is 0 Å². The molecule has 1 aromatic carbocycles. The van der Waals surface area contributed by atoms with Crippen molar-refractivity contribution in [1.29, 1.82) is 0 Å². The minimum Gasteiger partial charge on any atom is -0.507 e. The van der Waals surface area contributed by atoms with Crippen LogP contribution in [0.15, 0.2) is 23.8 Å². The minimum atomic E-state index is -0.102. The van der Waals surface area contributed by atoms with Gasteiger partial charge >= 0.3 is 0 Å². The molecule has 1 aromatic rings. The summed E-state index contributed by atoms with van der Waals surface area (Å²) < 4.78 is 0. The van der Waals surface area contributed by atoms with Gasteiger partial charge in [-0.05, 0) is 62.1 Å². The Labute approximate surface area is 133 Å². The van der Waals surface area contributed by atoms with Gasteiger partial charge in [-0.2, -0.15) is 0 Å². The number of unbranched alkanes of at least 4 members (excludes halogenated alkanes) is 2. The fraction of sp³-hybridized carbons (Fsp3) is 0.600. The number of aryl methyl sites for hydroxylation is 1. The van der Waals surface area contributed by atoms with Gasteiger partial charge in [-0.15, -0.1) is 0 Å². The van der Waals surface area contributed by atoms with Gasteiger partial charge in [0, 0.05) is 11.0 Å². The number of phenolic OH excluding ortho intramolecular Hbond substituents is 2. The lowest BCUT2D eigenvalue weighted by Crippen LogP contribution is -2.53. The van der Waals surface area contributed by atoms with Crippen LogP contribution in [0.1, 0.15) is 64.0 Å². The monoisotopic (exact) mass is 300 g/mol. The molecule has 0 aromatic heterocycles. The van der Waals surface area contributed by atoms with Gasteiger partial charge < -0.3 is 10.2 Å². The molecule has 2 heteroatoms. The van der Waals surface area contributed by atoms with Crippen molar-refractivity contribution >= 4 is 0 Å². The van der Waals surface area contributed by atoms with Crippen LogP contribution in [-0.4, -0.2) is 10.2 Å². The van der Waals surface area contributed by atoms with Crippen LogP contribution < -0.4 is 0 Å². The van der Waals surface area contributed by atoms with Crippen LogP contribution in [0.3, 0.4) is 0 Å². The summed E-state index contributed by atoms with van der Waals surface area (Å²) in [5.41, 5.74) is 3.14. The fourth-order valence-corrected chi connectivity index (χ4v) is 4.69. The van der Waals surface area contributed by atoms with E-state index < -0.39 is 0 Å². The molecule has 0 radical (unpaired) electrons. The Kier molecular flexibility index (Phi) is 3.96. The standard InChI is InChI=1S/C20H28O2/c1-4-5-6-7-14-10-17(21)19(18(22)11-14)20(3)15-9-8-13(2)16(20)12-15/h8,10-11,15-16,21-22H,4-7,9,12H2,1-3H3/t15-,16-,20?/m1/s1. The number of hydrogen-bond acceptors (Lipinski definition) is 2. The highest BCUT2D eigenvalue weighted by Gasteiger charge is 2.56. The average molecular weight is 300 g/mol. The molecule has 2 N–H and O–H groups in total. The van der Waals surface area contributed by atoms with E-state index in [1.54, 1.807) is 0 Å². The van der Waals surface area contributed by atoms with Gasteiger partial charge in [-0.3, -0.25) is 0 Å². The zero-order chi connectivity index (χ0) is 15.9. The number of fused-ring (bicyclic) bond motifs is 2. The number of rotatable bonds is 5. The Morgan fingerprint density at radius 3 is 2.41 bits per heavy atom. The molecule has 1 fully saturated rings. The second-order valence-corrected chi connectivity index (χ2v) is 7.42. The predicted octanol–water partition coefficient (Wildman–Crippen LogP) is 5.07. The quantitative estimate of drug-likeness (QED) is 0.588. The van der Waals surface area contributed by atoms with Crippen molar-refractivity contribution in [3.05, 3.63) is 34.9 Å². The number of allylic oxidation sites excluding steroid dienone is 2. The van der Waals surface area contributed by atoms with Gasteiger partial charge in [0.25, 0.3) is 0 Å². The highest BCUT2D eigenvalue weighted by molar-refractivity contribution is 5.54. The molecule has 2 nitrogen and oxygen atoms in total. The van der Waals surface area contributed by atoms with Crippen LogP contribution >= 0.6 is 0 Å². The van der Waals surface area contributed by atoms with E-state index in [2.05, 4.69) is 26.8 Å². The van der Waals surface area contributed by atoms with E-state index in [-0.39, 0.29) is 5.41 Å². The van der Waals surface area contributed by atoms with Crippen LogP contribution in [0.5, 0.6) is 11.5 Å². The van der Waals surface area contributed by atoms with Gasteiger partial charge in [-0.1, -0.05) is 38.3 Å². The molecule has 3 atom stereocenters. The van der Waals surface area contributed by atoms with Crippen molar-refractivity contribution in [2.24, 2.45) is 11.8 Å². The van der Waals surface area contributed by atoms with E-state index >= 15 is 0 Å². The van der Waals surface area contributed by atoms with Crippen LogP contribution in [0.4, 0.5) is 0 Å². The molecule has 2 aliphatic carbocycles. The van der Waals surface area contributed by atoms with E-state index in [0.717, 1.165) is 30.4 Å². The first-order chi connectivity index (χ1) is 10.5. The lowest BCUT2D eigenvalue weighted by atomic mass is 9.45. The first-order valence-electron chi connectivity index (χ1n) is 8.70. The second-order valence-electron chi connectivity index (χ2n) is 7.42. The third-order valence-corrected chi connectivity index (χ3v) is 6.13. The van der Waals surface area contributed by atoms with E-state index in [9.17, 15) is 10.2 Å². The van der Waals surface area contributed by atoms with E-state index in [4.69, 9.17) is 0 Å². The molecule has 2 bridgehead atoms. The van der Waals surface area contributed by atoms with Crippen molar-refractivity contribution in [3.8, 4) is 11.5 Å². The molecule has 22 heavy (non-hydrogen) atoms. The smallest absolute Gasteiger partial charge is 0.123 e. The molecule has 0 aliphatic heterocycles. The fourth-order valence-electron chi connectivity index (χ4n) is 4.69. The van der Waals surface area contributed by atoms with Gasteiger partial charge in [0.05, 0.1) is 0 Å². The summed E-state index contributed by atoms with van der Waals surface area (Å²) in [5, 5.41) is 21.2. The predicted molar refractivity (Wildman–Crippen MR) is 90.3 cm³/mol. The maximum Gasteiger partial charge on any atom is 0.123 e. The molecular formula is C20H28O2. The summed E-state index contributed by atoms with van der Waals surface area (Å²) >= 11 is 0. The largest absolute Gasteiger partial charge is 0.507 e. The lowest BCUT2D eigenvalue weighted by Gasteiger charge is -2.58. The summed E-state index contributed by atoms with van der Waals surface area (Å²) in [6, 6.07) is 3.76. The number of aromatic hydroxyl groups is 2. The van der Waals surface area contributed by atoms with Gasteiger partial charge in [0.15, 0.2) is 0 Å². The number of hydrogen-bond donors (Lipinski definition) is 2. The molecule has 120 valence electrons. The summed E-state index contributed by atoms with van der Waals surface area (Å²) in [5.74, 6) is 1.59. The highest BCUT2D eigenvalue weighted by Crippen LogP contribution is 2.63. The Morgan fingerprint density at radius 2 is 1.86 bits per heavy atom. The summed E-state index contributed by atoms with van der Waals surface area (Å²) in [4.78, 5) is 0. The Morgan fingerprint density at radius 1 is 1.18 bits per heavy atom. The first-order valence-corrected chi connectivity index (χ1v) is 8.70. The normalized spacial score (nSPS) is 29.9. The summed E-state index contributed by atoms with van der Waals surface area (Å²) in [6.45, 7) is 6.59. The summed E-state index contributed by atoms with van der Waals surface area (Å²) in [7, 11) is 0. The van der Waals surface area contributed by atoms with Crippen LogP contribution in [0.25, 0.3) is 0 Å². The molecule has 0 amide bonds. The second kappa shape index (κ2) is 5.64. The third-order valence-electron chi connectivity index (χ3n) is 6.13. The topological polar surface area (TPSA) is 40.5 Å². The highest BCUT2D eigenvalue weighted by atomic mass is 16.3. The molecule has 0 heterocycles.